The highest BCUT2D eigenvalue weighted by Gasteiger charge is 2.78. The van der Waals surface area contributed by atoms with E-state index < -0.39 is 28.6 Å². The van der Waals surface area contributed by atoms with Crippen molar-refractivity contribution in [3.63, 3.8) is 0 Å². The van der Waals surface area contributed by atoms with Gasteiger partial charge in [-0.2, -0.15) is 15.8 Å². The number of nitrogens with one attached hydrogen (secondary N) is 1. The van der Waals surface area contributed by atoms with Crippen LogP contribution in [0.15, 0.2) is 0 Å². The Hall–Kier alpha value is -2.10. The van der Waals surface area contributed by atoms with Crippen molar-refractivity contribution >= 4 is 5.90 Å². The normalized spacial score (nSPS) is 38.5. The monoisotopic (exact) mass is 300 g/mol. The molecule has 1 N–H and O–H groups in total. The van der Waals surface area contributed by atoms with E-state index in [4.69, 9.17) is 14.9 Å². The Balaban J connectivity index is 2.74. The van der Waals surface area contributed by atoms with Crippen LogP contribution in [0.2, 0.25) is 0 Å². The molecule has 0 amide bonds. The first-order chi connectivity index (χ1) is 10.4. The number of rotatable bonds is 4. The summed E-state index contributed by atoms with van der Waals surface area (Å²) in [5.41, 5.74) is -3.29. The molecule has 0 aromatic carbocycles. The topological polar surface area (TPSA) is 114 Å². The smallest absolute Gasteiger partial charge is 0.214 e. The lowest BCUT2D eigenvalue weighted by Gasteiger charge is -2.48. The third-order valence-corrected chi connectivity index (χ3v) is 4.96. The fourth-order valence-electron chi connectivity index (χ4n) is 3.96. The van der Waals surface area contributed by atoms with E-state index in [-0.39, 0.29) is 5.90 Å². The van der Waals surface area contributed by atoms with Crippen LogP contribution in [0.25, 0.3) is 0 Å². The Morgan fingerprint density at radius 1 is 1.09 bits per heavy atom. The maximum absolute atomic E-state index is 9.91. The highest BCUT2D eigenvalue weighted by molar-refractivity contribution is 5.89. The summed E-state index contributed by atoms with van der Waals surface area (Å²) in [6.07, 6.45) is 1.73. The molecule has 6 nitrogen and oxygen atoms in total. The third kappa shape index (κ3) is 1.64. The maximum Gasteiger partial charge on any atom is 0.214 e. The molecule has 2 heterocycles. The lowest BCUT2D eigenvalue weighted by Crippen LogP contribution is -2.61. The largest absolute Gasteiger partial charge is 0.448 e. The summed E-state index contributed by atoms with van der Waals surface area (Å²) in [7, 11) is 0. The molecule has 0 saturated carbocycles. The zero-order chi connectivity index (χ0) is 16.6. The second-order valence-corrected chi connectivity index (χ2v) is 6.14. The second-order valence-electron chi connectivity index (χ2n) is 6.14. The van der Waals surface area contributed by atoms with Crippen LogP contribution < -0.4 is 0 Å². The summed E-state index contributed by atoms with van der Waals surface area (Å²) in [6, 6.07) is 6.18. The van der Waals surface area contributed by atoms with Gasteiger partial charge in [-0.15, -0.1) is 0 Å². The molecule has 0 unspecified atom stereocenters. The molecule has 22 heavy (non-hydrogen) atoms. The minimum absolute atomic E-state index is 0.308. The van der Waals surface area contributed by atoms with E-state index in [1.54, 1.807) is 6.92 Å². The molecule has 0 radical (unpaired) electrons. The number of hydrogen-bond donors (Lipinski definition) is 1. The summed E-state index contributed by atoms with van der Waals surface area (Å²) in [5, 5.41) is 37.7. The predicted molar refractivity (Wildman–Crippen MR) is 77.1 cm³/mol. The molecular weight excluding hydrogens is 280 g/mol. The van der Waals surface area contributed by atoms with Crippen molar-refractivity contribution in [2.24, 2.45) is 16.7 Å². The molecule has 2 bridgehead atoms. The first-order valence-corrected chi connectivity index (χ1v) is 7.62. The van der Waals surface area contributed by atoms with E-state index in [1.165, 1.54) is 0 Å². The van der Waals surface area contributed by atoms with E-state index in [0.29, 0.717) is 19.3 Å². The number of hydrogen-bond acceptors (Lipinski definition) is 6. The summed E-state index contributed by atoms with van der Waals surface area (Å²) in [6.45, 7) is 5.59. The van der Waals surface area contributed by atoms with Gasteiger partial charge in [0.2, 0.25) is 11.7 Å². The van der Waals surface area contributed by atoms with Crippen molar-refractivity contribution in [1.82, 2.24) is 0 Å². The summed E-state index contributed by atoms with van der Waals surface area (Å²) in [4.78, 5) is 0. The van der Waals surface area contributed by atoms with E-state index in [9.17, 15) is 15.8 Å². The molecule has 2 fully saturated rings. The van der Waals surface area contributed by atoms with Gasteiger partial charge in [-0.05, 0) is 12.8 Å². The van der Waals surface area contributed by atoms with Crippen LogP contribution in [0.1, 0.15) is 46.5 Å². The van der Waals surface area contributed by atoms with E-state index in [0.717, 1.165) is 6.42 Å². The lowest BCUT2D eigenvalue weighted by molar-refractivity contribution is -0.271. The Morgan fingerprint density at radius 2 is 1.68 bits per heavy atom. The van der Waals surface area contributed by atoms with E-state index in [2.05, 4.69) is 6.07 Å². The van der Waals surface area contributed by atoms with Crippen molar-refractivity contribution in [1.29, 1.82) is 21.2 Å². The fourth-order valence-corrected chi connectivity index (χ4v) is 3.96. The highest BCUT2D eigenvalue weighted by Crippen LogP contribution is 2.64. The molecule has 6 heteroatoms. The summed E-state index contributed by atoms with van der Waals surface area (Å²) >= 11 is 0. The molecule has 0 aromatic rings. The molecule has 2 saturated heterocycles. The maximum atomic E-state index is 9.91. The second kappa shape index (κ2) is 5.27. The molecular formula is C16H20N4O2. The molecule has 2 aliphatic heterocycles. The molecule has 4 atom stereocenters. The van der Waals surface area contributed by atoms with Crippen molar-refractivity contribution in [2.75, 3.05) is 0 Å². The van der Waals surface area contributed by atoms with Gasteiger partial charge in [0.15, 0.2) is 10.8 Å². The van der Waals surface area contributed by atoms with Gasteiger partial charge in [-0.1, -0.05) is 26.7 Å². The number of ether oxygens (including phenoxy) is 2. The minimum Gasteiger partial charge on any atom is -0.448 e. The van der Waals surface area contributed by atoms with Crippen molar-refractivity contribution in [3.8, 4) is 18.2 Å². The van der Waals surface area contributed by atoms with Gasteiger partial charge in [0.05, 0.1) is 30.2 Å². The zero-order valence-electron chi connectivity index (χ0n) is 13.1. The van der Waals surface area contributed by atoms with Crippen LogP contribution in [0.5, 0.6) is 0 Å². The zero-order valence-corrected chi connectivity index (χ0v) is 13.1. The molecule has 116 valence electrons. The number of nitriles is 3. The minimum atomic E-state index is -1.72. The Bertz CT molecular complexity index is 597. The molecule has 0 aliphatic carbocycles. The Morgan fingerprint density at radius 3 is 2.14 bits per heavy atom. The quantitative estimate of drug-likeness (QED) is 0.857. The van der Waals surface area contributed by atoms with Crippen LogP contribution in [0.3, 0.4) is 0 Å². The predicted octanol–water partition coefficient (Wildman–Crippen LogP) is 2.87. The number of nitrogens with zero attached hydrogens (tertiary/aromatic N) is 3. The van der Waals surface area contributed by atoms with Crippen LogP contribution >= 0.6 is 0 Å². The van der Waals surface area contributed by atoms with Crippen LogP contribution in [0.4, 0.5) is 0 Å². The molecule has 0 aromatic heterocycles. The van der Waals surface area contributed by atoms with Gasteiger partial charge in [-0.3, -0.25) is 5.41 Å². The van der Waals surface area contributed by atoms with Crippen molar-refractivity contribution < 1.29 is 9.47 Å². The average molecular weight is 300 g/mol. The van der Waals surface area contributed by atoms with Crippen molar-refractivity contribution in [3.05, 3.63) is 0 Å². The summed E-state index contributed by atoms with van der Waals surface area (Å²) < 4.78 is 11.6. The van der Waals surface area contributed by atoms with Crippen LogP contribution in [-0.2, 0) is 9.47 Å². The Labute approximate surface area is 130 Å². The van der Waals surface area contributed by atoms with Gasteiger partial charge in [-0.25, -0.2) is 0 Å². The van der Waals surface area contributed by atoms with Crippen LogP contribution in [-0.4, -0.2) is 17.8 Å². The standard InChI is InChI=1S/C16H20N4O2/c1-4-6-11-14(3)21-12(7-5-2)15(8-17,9-18)16(11,10-19)13(20)22-14/h11-12,20H,4-7H2,1-3H3/t11-,12+,14-,16+/m0/s1. The van der Waals surface area contributed by atoms with E-state index in [1.807, 2.05) is 26.0 Å². The molecule has 2 aliphatic rings. The Kier molecular flexibility index (Phi) is 3.90. The van der Waals surface area contributed by atoms with Gasteiger partial charge in [0.1, 0.15) is 0 Å². The van der Waals surface area contributed by atoms with Gasteiger partial charge < -0.3 is 9.47 Å². The fraction of sp³-hybridized carbons (Fsp3) is 0.750. The first kappa shape index (κ1) is 16.3. The molecule has 2 rings (SSSR count). The van der Waals surface area contributed by atoms with Gasteiger partial charge >= 0.3 is 0 Å². The molecule has 0 spiro atoms. The highest BCUT2D eigenvalue weighted by atomic mass is 16.7. The van der Waals surface area contributed by atoms with Crippen molar-refractivity contribution in [2.45, 2.75) is 58.3 Å². The van der Waals surface area contributed by atoms with Gasteiger partial charge in [0.25, 0.3) is 0 Å². The van der Waals surface area contributed by atoms with Crippen LogP contribution in [0, 0.1) is 56.2 Å². The average Bonchev–Trinajstić information content (AvgIpc) is 2.66. The first-order valence-electron chi connectivity index (χ1n) is 7.62. The third-order valence-electron chi connectivity index (χ3n) is 4.96. The van der Waals surface area contributed by atoms with Gasteiger partial charge in [0, 0.05) is 6.92 Å². The SMILES string of the molecule is CCC[C@H]1O[C@@]2(C)OC(=N)[C@@](C#N)([C@H]2CCC)C1(C#N)C#N. The number of fused-ring (bicyclic) bond motifs is 2. The lowest BCUT2D eigenvalue weighted by atomic mass is 9.53. The van der Waals surface area contributed by atoms with E-state index >= 15 is 0 Å². The summed E-state index contributed by atoms with van der Waals surface area (Å²) in [5.74, 6) is -1.94.